The van der Waals surface area contributed by atoms with E-state index in [0.29, 0.717) is 11.8 Å². The monoisotopic (exact) mass is 444 g/mol. The average Bonchev–Trinajstić information content (AvgIpc) is 2.61. The van der Waals surface area contributed by atoms with Crippen LogP contribution in [-0.4, -0.2) is 24.6 Å². The summed E-state index contributed by atoms with van der Waals surface area (Å²) in [6.07, 6.45) is -4.26. The number of nitrogens with one attached hydrogen (secondary N) is 2. The van der Waals surface area contributed by atoms with Crippen molar-refractivity contribution < 1.29 is 26.4 Å². The fourth-order valence-electron chi connectivity index (χ4n) is 2.94. The SMILES string of the molecule is Cc1cc(C(C)C)c(NC(=O)NS(=O)(=O)c2nnccc2C(F)(F)F)c(C(C)C)c1. The van der Waals surface area contributed by atoms with Crippen molar-refractivity contribution in [1.82, 2.24) is 14.9 Å². The molecule has 1 aromatic carbocycles. The molecule has 0 bridgehead atoms. The third-order valence-electron chi connectivity index (χ3n) is 4.30. The van der Waals surface area contributed by atoms with E-state index in [2.05, 4.69) is 15.5 Å². The number of hydrogen-bond donors (Lipinski definition) is 2. The van der Waals surface area contributed by atoms with E-state index in [0.717, 1.165) is 22.9 Å². The summed E-state index contributed by atoms with van der Waals surface area (Å²) < 4.78 is 65.8. The van der Waals surface area contributed by atoms with Crippen molar-refractivity contribution >= 4 is 21.7 Å². The van der Waals surface area contributed by atoms with Crippen LogP contribution in [0, 0.1) is 6.92 Å². The zero-order chi connectivity index (χ0) is 22.9. The molecule has 0 atom stereocenters. The number of urea groups is 1. The number of anilines is 1. The number of sulfonamides is 1. The van der Waals surface area contributed by atoms with E-state index in [1.165, 1.54) is 0 Å². The van der Waals surface area contributed by atoms with Gasteiger partial charge in [-0.3, -0.25) is 0 Å². The summed E-state index contributed by atoms with van der Waals surface area (Å²) in [5.41, 5.74) is 1.44. The Morgan fingerprint density at radius 2 is 1.60 bits per heavy atom. The molecule has 164 valence electrons. The van der Waals surface area contributed by atoms with Gasteiger partial charge in [-0.05, 0) is 36.0 Å². The average molecular weight is 444 g/mol. The minimum absolute atomic E-state index is 0.00568. The molecular formula is C19H23F3N4O3S. The van der Waals surface area contributed by atoms with Crippen LogP contribution in [0.4, 0.5) is 23.7 Å². The van der Waals surface area contributed by atoms with E-state index < -0.39 is 32.8 Å². The lowest BCUT2D eigenvalue weighted by atomic mass is 9.90. The first-order chi connectivity index (χ1) is 13.7. The molecule has 0 aliphatic rings. The van der Waals surface area contributed by atoms with Crippen molar-refractivity contribution in [2.45, 2.75) is 57.7 Å². The fraction of sp³-hybridized carbons (Fsp3) is 0.421. The predicted molar refractivity (Wildman–Crippen MR) is 106 cm³/mol. The summed E-state index contributed by atoms with van der Waals surface area (Å²) in [7, 11) is -4.92. The van der Waals surface area contributed by atoms with Gasteiger partial charge in [-0.1, -0.05) is 45.4 Å². The molecule has 0 unspecified atom stereocenters. The van der Waals surface area contributed by atoms with E-state index in [9.17, 15) is 26.4 Å². The molecule has 0 aliphatic heterocycles. The maximum atomic E-state index is 13.1. The topological polar surface area (TPSA) is 101 Å². The van der Waals surface area contributed by atoms with Crippen LogP contribution in [0.25, 0.3) is 0 Å². The molecule has 0 saturated heterocycles. The molecule has 30 heavy (non-hydrogen) atoms. The summed E-state index contributed by atoms with van der Waals surface area (Å²) in [5, 5.41) is 7.40. The second kappa shape index (κ2) is 8.58. The Morgan fingerprint density at radius 1 is 1.07 bits per heavy atom. The molecule has 0 fully saturated rings. The van der Waals surface area contributed by atoms with Gasteiger partial charge in [0, 0.05) is 5.69 Å². The van der Waals surface area contributed by atoms with E-state index in [-0.39, 0.29) is 11.8 Å². The highest BCUT2D eigenvalue weighted by Gasteiger charge is 2.39. The van der Waals surface area contributed by atoms with Gasteiger partial charge in [-0.15, -0.1) is 5.10 Å². The first-order valence-corrected chi connectivity index (χ1v) is 10.6. The molecule has 0 aliphatic carbocycles. The lowest BCUT2D eigenvalue weighted by Gasteiger charge is -2.21. The molecule has 2 N–H and O–H groups in total. The van der Waals surface area contributed by atoms with Gasteiger partial charge in [0.1, 0.15) is 0 Å². The first-order valence-electron chi connectivity index (χ1n) is 9.11. The molecular weight excluding hydrogens is 421 g/mol. The number of carbonyl (C=O) groups excluding carboxylic acids is 1. The lowest BCUT2D eigenvalue weighted by Crippen LogP contribution is -2.36. The number of rotatable bonds is 5. The third-order valence-corrected chi connectivity index (χ3v) is 5.56. The Kier molecular flexibility index (Phi) is 6.75. The molecule has 1 aromatic heterocycles. The van der Waals surface area contributed by atoms with Crippen LogP contribution in [-0.2, 0) is 16.2 Å². The third kappa shape index (κ3) is 5.26. The van der Waals surface area contributed by atoms with Crippen LogP contribution in [0.3, 0.4) is 0 Å². The van der Waals surface area contributed by atoms with Gasteiger partial charge >= 0.3 is 12.2 Å². The Morgan fingerprint density at radius 3 is 2.07 bits per heavy atom. The largest absolute Gasteiger partial charge is 0.419 e. The summed E-state index contributed by atoms with van der Waals surface area (Å²) in [6, 6.07) is 3.02. The molecule has 0 saturated carbocycles. The van der Waals surface area contributed by atoms with Gasteiger partial charge in [0.25, 0.3) is 10.0 Å². The van der Waals surface area contributed by atoms with Crippen LogP contribution in [0.5, 0.6) is 0 Å². The van der Waals surface area contributed by atoms with Crippen LogP contribution in [0.1, 0.15) is 61.8 Å². The van der Waals surface area contributed by atoms with Crippen molar-refractivity contribution in [1.29, 1.82) is 0 Å². The number of benzene rings is 1. The number of nitrogens with zero attached hydrogens (tertiary/aromatic N) is 2. The Balaban J connectivity index is 2.42. The molecule has 7 nitrogen and oxygen atoms in total. The zero-order valence-corrected chi connectivity index (χ0v) is 17.9. The van der Waals surface area contributed by atoms with Gasteiger partial charge in [-0.2, -0.15) is 26.7 Å². The Bertz CT molecular complexity index is 1020. The second-order valence-corrected chi connectivity index (χ2v) is 9.03. The number of aromatic nitrogens is 2. The highest BCUT2D eigenvalue weighted by Crippen LogP contribution is 2.34. The second-order valence-electron chi connectivity index (χ2n) is 7.44. The van der Waals surface area contributed by atoms with Crippen molar-refractivity contribution in [2.24, 2.45) is 0 Å². The van der Waals surface area contributed by atoms with Gasteiger partial charge in [0.05, 0.1) is 11.8 Å². The molecule has 1 heterocycles. The first kappa shape index (κ1) is 23.6. The fourth-order valence-corrected chi connectivity index (χ4v) is 3.96. The highest BCUT2D eigenvalue weighted by molar-refractivity contribution is 7.90. The quantitative estimate of drug-likeness (QED) is 0.704. The molecule has 0 spiro atoms. The van der Waals surface area contributed by atoms with Gasteiger partial charge in [0.2, 0.25) is 5.03 Å². The standard InChI is InChI=1S/C19H23F3N4O3S/c1-10(2)13-8-12(5)9-14(11(3)4)16(13)24-18(27)26-30(28,29)17-15(19(20,21)22)6-7-23-25-17/h6-11H,1-5H3,(H2,24,26,27). The van der Waals surface area contributed by atoms with Gasteiger partial charge < -0.3 is 5.32 Å². The van der Waals surface area contributed by atoms with Crippen LogP contribution in [0.2, 0.25) is 0 Å². The number of halogens is 3. The van der Waals surface area contributed by atoms with E-state index >= 15 is 0 Å². The van der Waals surface area contributed by atoms with Crippen LogP contribution in [0.15, 0.2) is 29.4 Å². The molecule has 2 rings (SSSR count). The van der Waals surface area contributed by atoms with Crippen LogP contribution >= 0.6 is 0 Å². The number of aryl methyl sites for hydroxylation is 1. The number of alkyl halides is 3. The summed E-state index contributed by atoms with van der Waals surface area (Å²) >= 11 is 0. The highest BCUT2D eigenvalue weighted by atomic mass is 32.2. The summed E-state index contributed by atoms with van der Waals surface area (Å²) in [6.45, 7) is 9.54. The van der Waals surface area contributed by atoms with Crippen molar-refractivity contribution in [3.05, 3.63) is 46.6 Å². The smallest absolute Gasteiger partial charge is 0.307 e. The predicted octanol–water partition coefficient (Wildman–Crippen LogP) is 4.56. The van der Waals surface area contributed by atoms with Crippen molar-refractivity contribution in [2.75, 3.05) is 5.32 Å². The summed E-state index contributed by atoms with van der Waals surface area (Å²) in [4.78, 5) is 12.5. The molecule has 2 aromatic rings. The minimum atomic E-state index is -4.98. The minimum Gasteiger partial charge on any atom is -0.307 e. The summed E-state index contributed by atoms with van der Waals surface area (Å²) in [5.74, 6) is 0.0114. The molecule has 2 amide bonds. The number of carbonyl (C=O) groups is 1. The maximum absolute atomic E-state index is 13.1. The van der Waals surface area contributed by atoms with E-state index in [4.69, 9.17) is 0 Å². The number of hydrogen-bond acceptors (Lipinski definition) is 5. The van der Waals surface area contributed by atoms with Crippen molar-refractivity contribution in [3.8, 4) is 0 Å². The van der Waals surface area contributed by atoms with Gasteiger partial charge in [0.15, 0.2) is 0 Å². The number of amides is 2. The maximum Gasteiger partial charge on any atom is 0.419 e. The van der Waals surface area contributed by atoms with Crippen LogP contribution < -0.4 is 10.0 Å². The van der Waals surface area contributed by atoms with Gasteiger partial charge in [-0.25, -0.2) is 9.52 Å². The zero-order valence-electron chi connectivity index (χ0n) is 17.1. The lowest BCUT2D eigenvalue weighted by molar-refractivity contribution is -0.140. The Hall–Kier alpha value is -2.69. The normalized spacial score (nSPS) is 12.3. The van der Waals surface area contributed by atoms with Crippen molar-refractivity contribution in [3.63, 3.8) is 0 Å². The van der Waals surface area contributed by atoms with E-state index in [1.807, 2.05) is 46.8 Å². The van der Waals surface area contributed by atoms with E-state index in [1.54, 1.807) is 4.72 Å². The molecule has 0 radical (unpaired) electrons. The molecule has 11 heteroatoms. The Labute approximate surface area is 173 Å².